The molecule has 168 valence electrons. The summed E-state index contributed by atoms with van der Waals surface area (Å²) in [4.78, 5) is 23.1. The van der Waals surface area contributed by atoms with Crippen LogP contribution >= 0.6 is 47.1 Å². The Hall–Kier alpha value is -1.31. The van der Waals surface area contributed by atoms with Gasteiger partial charge in [0.15, 0.2) is 5.13 Å². The number of anilines is 1. The topological polar surface area (TPSA) is 36.4 Å². The summed E-state index contributed by atoms with van der Waals surface area (Å²) in [5, 5.41) is 1.53. The second-order valence-electron chi connectivity index (χ2n) is 7.61. The van der Waals surface area contributed by atoms with Gasteiger partial charge >= 0.3 is 0 Å². The van der Waals surface area contributed by atoms with Gasteiger partial charge in [-0.1, -0.05) is 29.0 Å². The molecule has 8 heteroatoms. The van der Waals surface area contributed by atoms with Crippen LogP contribution in [0.2, 0.25) is 5.02 Å². The van der Waals surface area contributed by atoms with Crippen LogP contribution in [-0.4, -0.2) is 48.7 Å². The monoisotopic (exact) mass is 497 g/mol. The highest BCUT2D eigenvalue weighted by Crippen LogP contribution is 2.32. The lowest BCUT2D eigenvalue weighted by atomic mass is 10.1. The number of aromatic nitrogens is 1. The maximum Gasteiger partial charge on any atom is 0.229 e. The van der Waals surface area contributed by atoms with Crippen LogP contribution in [0.1, 0.15) is 24.0 Å². The fourth-order valence-corrected chi connectivity index (χ4v) is 5.16. The number of benzene rings is 2. The summed E-state index contributed by atoms with van der Waals surface area (Å²) in [6.45, 7) is 5.82. The number of thiazole rings is 1. The van der Waals surface area contributed by atoms with Crippen LogP contribution in [-0.2, 0) is 4.79 Å². The minimum Gasteiger partial charge on any atom is -0.309 e. The predicted molar refractivity (Wildman–Crippen MR) is 139 cm³/mol. The Bertz CT molecular complexity index is 1010. The molecule has 0 aliphatic carbocycles. The molecule has 0 N–H and O–H groups in total. The molecule has 0 unspecified atom stereocenters. The zero-order valence-electron chi connectivity index (χ0n) is 18.4. The Morgan fingerprint density at radius 1 is 1.10 bits per heavy atom. The zero-order valence-corrected chi connectivity index (χ0v) is 21.6. The van der Waals surface area contributed by atoms with E-state index in [9.17, 15) is 4.79 Å². The molecule has 3 rings (SSSR count). The Balaban J connectivity index is 0.00000341. The number of thioether (sulfide) groups is 1. The van der Waals surface area contributed by atoms with Crippen molar-refractivity contribution >= 4 is 68.4 Å². The molecule has 0 atom stereocenters. The third-order valence-electron chi connectivity index (χ3n) is 4.99. The van der Waals surface area contributed by atoms with Gasteiger partial charge in [-0.15, -0.1) is 24.2 Å². The van der Waals surface area contributed by atoms with Crippen LogP contribution < -0.4 is 4.90 Å². The highest BCUT2D eigenvalue weighted by molar-refractivity contribution is 7.99. The number of hydrogen-bond acceptors (Lipinski definition) is 5. The average molecular weight is 499 g/mol. The van der Waals surface area contributed by atoms with Crippen LogP contribution in [0.25, 0.3) is 10.2 Å². The molecule has 0 saturated carbocycles. The molecule has 4 nitrogen and oxygen atoms in total. The molecule has 0 spiro atoms. The number of carbonyl (C=O) groups is 1. The van der Waals surface area contributed by atoms with E-state index in [4.69, 9.17) is 16.6 Å². The van der Waals surface area contributed by atoms with Crippen molar-refractivity contribution in [3.63, 3.8) is 0 Å². The number of aryl methyl sites for hydroxylation is 2. The maximum absolute atomic E-state index is 13.1. The first-order chi connectivity index (χ1) is 14.3. The van der Waals surface area contributed by atoms with Gasteiger partial charge in [-0.25, -0.2) is 4.98 Å². The lowest BCUT2D eigenvalue weighted by molar-refractivity contribution is -0.118. The van der Waals surface area contributed by atoms with E-state index in [1.807, 2.05) is 29.2 Å². The summed E-state index contributed by atoms with van der Waals surface area (Å²) in [7, 11) is 4.11. The molecular weight excluding hydrogens is 469 g/mol. The van der Waals surface area contributed by atoms with Crippen molar-refractivity contribution in [3.8, 4) is 0 Å². The lowest BCUT2D eigenvalue weighted by Gasteiger charge is -2.21. The maximum atomic E-state index is 13.1. The molecule has 0 aliphatic rings. The van der Waals surface area contributed by atoms with Gasteiger partial charge in [0.25, 0.3) is 0 Å². The van der Waals surface area contributed by atoms with Crippen molar-refractivity contribution in [1.29, 1.82) is 0 Å². The van der Waals surface area contributed by atoms with Gasteiger partial charge in [0, 0.05) is 28.6 Å². The Kier molecular flexibility index (Phi) is 10.1. The molecule has 0 radical (unpaired) electrons. The number of halogens is 2. The van der Waals surface area contributed by atoms with Crippen molar-refractivity contribution in [2.75, 3.05) is 37.8 Å². The molecular formula is C23H29Cl2N3OS2. The number of fused-ring (bicyclic) bond motifs is 1. The van der Waals surface area contributed by atoms with Gasteiger partial charge < -0.3 is 4.90 Å². The van der Waals surface area contributed by atoms with Crippen molar-refractivity contribution in [2.24, 2.45) is 0 Å². The van der Waals surface area contributed by atoms with Gasteiger partial charge in [-0.2, -0.15) is 0 Å². The predicted octanol–water partition coefficient (Wildman–Crippen LogP) is 6.46. The van der Waals surface area contributed by atoms with Crippen molar-refractivity contribution in [3.05, 3.63) is 52.5 Å². The number of hydrogen-bond donors (Lipinski definition) is 0. The van der Waals surface area contributed by atoms with E-state index < -0.39 is 0 Å². The largest absolute Gasteiger partial charge is 0.309 e. The van der Waals surface area contributed by atoms with E-state index in [0.29, 0.717) is 13.0 Å². The summed E-state index contributed by atoms with van der Waals surface area (Å²) in [5.41, 5.74) is 3.43. The first-order valence-electron chi connectivity index (χ1n) is 10.1. The first-order valence-corrected chi connectivity index (χ1v) is 12.2. The molecule has 0 aliphatic heterocycles. The summed E-state index contributed by atoms with van der Waals surface area (Å²) < 4.78 is 1.13. The molecule has 0 bridgehead atoms. The molecule has 0 saturated heterocycles. The van der Waals surface area contributed by atoms with Gasteiger partial charge in [0.05, 0.1) is 10.2 Å². The van der Waals surface area contributed by atoms with Crippen molar-refractivity contribution < 1.29 is 4.79 Å². The van der Waals surface area contributed by atoms with Crippen molar-refractivity contribution in [1.82, 2.24) is 9.88 Å². The number of amides is 1. The molecule has 1 aromatic heterocycles. The quantitative estimate of drug-likeness (QED) is 0.318. The fourth-order valence-electron chi connectivity index (χ4n) is 3.12. The standard InChI is InChI=1S/C23H28ClN3OS2.ClH/c1-16-6-11-20-22(17(16)2)25-23(30-20)27(14-5-13-26(3)4)21(28)12-15-29-19-9-7-18(24)8-10-19;/h6-11H,5,12-15H2,1-4H3;1H. The minimum atomic E-state index is 0. The third-order valence-corrected chi connectivity index (χ3v) is 7.30. The van der Waals surface area contributed by atoms with Crippen LogP contribution in [0.3, 0.4) is 0 Å². The summed E-state index contributed by atoms with van der Waals surface area (Å²) in [6, 6.07) is 12.0. The van der Waals surface area contributed by atoms with Gasteiger partial charge in [-0.05, 0) is 82.4 Å². The molecule has 31 heavy (non-hydrogen) atoms. The Morgan fingerprint density at radius 2 is 1.81 bits per heavy atom. The number of nitrogens with zero attached hydrogens (tertiary/aromatic N) is 3. The molecule has 3 aromatic rings. The molecule has 0 fully saturated rings. The van der Waals surface area contributed by atoms with Gasteiger partial charge in [0.1, 0.15) is 0 Å². The Morgan fingerprint density at radius 3 is 2.48 bits per heavy atom. The van der Waals surface area contributed by atoms with E-state index >= 15 is 0 Å². The second-order valence-corrected chi connectivity index (χ2v) is 10.2. The molecule has 1 amide bonds. The van der Waals surface area contributed by atoms with Crippen LogP contribution in [0.4, 0.5) is 5.13 Å². The van der Waals surface area contributed by atoms with Crippen molar-refractivity contribution in [2.45, 2.75) is 31.6 Å². The van der Waals surface area contributed by atoms with E-state index in [1.165, 1.54) is 11.1 Å². The minimum absolute atomic E-state index is 0. The lowest BCUT2D eigenvalue weighted by Crippen LogP contribution is -2.33. The van der Waals surface area contributed by atoms with E-state index in [-0.39, 0.29) is 18.3 Å². The van der Waals surface area contributed by atoms with Crippen LogP contribution in [0.5, 0.6) is 0 Å². The van der Waals surface area contributed by atoms with E-state index in [1.54, 1.807) is 23.1 Å². The zero-order chi connectivity index (χ0) is 21.7. The van der Waals surface area contributed by atoms with Crippen LogP contribution in [0.15, 0.2) is 41.3 Å². The van der Waals surface area contributed by atoms with E-state index in [2.05, 4.69) is 45.0 Å². The molecule has 1 heterocycles. The average Bonchev–Trinajstić information content (AvgIpc) is 3.14. The van der Waals surface area contributed by atoms with Crippen LogP contribution in [0, 0.1) is 13.8 Å². The number of carbonyl (C=O) groups excluding carboxylic acids is 1. The smallest absolute Gasteiger partial charge is 0.229 e. The Labute approximate surface area is 204 Å². The van der Waals surface area contributed by atoms with Gasteiger partial charge in [0.2, 0.25) is 5.91 Å². The summed E-state index contributed by atoms with van der Waals surface area (Å²) in [5.74, 6) is 0.858. The highest BCUT2D eigenvalue weighted by Gasteiger charge is 2.20. The van der Waals surface area contributed by atoms with E-state index in [0.717, 1.165) is 44.0 Å². The number of rotatable bonds is 9. The van der Waals surface area contributed by atoms with Gasteiger partial charge in [-0.3, -0.25) is 9.69 Å². The SMILES string of the molecule is Cc1ccc2sc(N(CCCN(C)C)C(=O)CCSc3ccc(Cl)cc3)nc2c1C.Cl. The molecule has 2 aromatic carbocycles. The normalized spacial score (nSPS) is 11.0. The highest BCUT2D eigenvalue weighted by atomic mass is 35.5. The third kappa shape index (κ3) is 7.09. The summed E-state index contributed by atoms with van der Waals surface area (Å²) >= 11 is 9.23. The second kappa shape index (κ2) is 12.1. The summed E-state index contributed by atoms with van der Waals surface area (Å²) in [6.07, 6.45) is 1.39. The first kappa shape index (κ1) is 25.9. The fraction of sp³-hybridized carbons (Fsp3) is 0.391.